The van der Waals surface area contributed by atoms with E-state index in [1.54, 1.807) is 54.5 Å². The number of anilines is 1. The lowest BCUT2D eigenvalue weighted by Gasteiger charge is -2.19. The number of pyridine rings is 1. The highest BCUT2D eigenvalue weighted by Crippen LogP contribution is 2.27. The zero-order chi connectivity index (χ0) is 20.8. The minimum absolute atomic E-state index is 0.221. The van der Waals surface area contributed by atoms with Crippen molar-refractivity contribution in [1.82, 2.24) is 15.2 Å². The number of carbonyl (C=O) groups excluding carboxylic acids is 1. The summed E-state index contributed by atoms with van der Waals surface area (Å²) in [5.74, 6) is -0.137. The Hall–Kier alpha value is -3.81. The number of nitrogens with zero attached hydrogens (tertiary/aromatic N) is 2. The smallest absolute Gasteiger partial charge is 0.274 e. The Morgan fingerprint density at radius 2 is 2.00 bits per heavy atom. The van der Waals surface area contributed by atoms with Gasteiger partial charge in [0.25, 0.3) is 5.91 Å². The van der Waals surface area contributed by atoms with E-state index in [2.05, 4.69) is 15.6 Å². The van der Waals surface area contributed by atoms with E-state index in [4.69, 9.17) is 16.2 Å². The van der Waals surface area contributed by atoms with Crippen LogP contribution < -0.4 is 10.6 Å². The van der Waals surface area contributed by atoms with Crippen molar-refractivity contribution >= 4 is 35.6 Å². The highest BCUT2D eigenvalue weighted by atomic mass is 16.1. The molecule has 0 radical (unpaired) electrons. The monoisotopic (exact) mass is 389 g/mol. The summed E-state index contributed by atoms with van der Waals surface area (Å²) in [4.78, 5) is 18.4. The molecule has 8 nitrogen and oxygen atoms in total. The van der Waals surface area contributed by atoms with Gasteiger partial charge >= 0.3 is 0 Å². The molecule has 0 saturated heterocycles. The summed E-state index contributed by atoms with van der Waals surface area (Å²) in [6, 6.07) is 10.6. The molecule has 0 bridgehead atoms. The quantitative estimate of drug-likeness (QED) is 0.351. The molecule has 1 amide bonds. The van der Waals surface area contributed by atoms with Crippen LogP contribution in [0.25, 0.3) is 5.57 Å². The molecule has 0 unspecified atom stereocenters. The molecular formula is C21H23N7O. The molecule has 1 aromatic heterocycles. The van der Waals surface area contributed by atoms with E-state index in [1.165, 1.54) is 18.7 Å². The lowest BCUT2D eigenvalue weighted by atomic mass is 10.1. The van der Waals surface area contributed by atoms with Crippen LogP contribution in [0.5, 0.6) is 0 Å². The summed E-state index contributed by atoms with van der Waals surface area (Å²) in [5, 5.41) is 29.1. The summed E-state index contributed by atoms with van der Waals surface area (Å²) in [5.41, 5.74) is 2.74. The number of amidine groups is 1. The number of allylic oxidation sites excluding steroid dienone is 1. The van der Waals surface area contributed by atoms with Crippen LogP contribution in [0.3, 0.4) is 0 Å². The number of hydrogen-bond donors (Lipinski definition) is 5. The highest BCUT2D eigenvalue weighted by molar-refractivity contribution is 6.10. The molecule has 3 rings (SSSR count). The summed E-state index contributed by atoms with van der Waals surface area (Å²) in [6.07, 6.45) is 7.55. The summed E-state index contributed by atoms with van der Waals surface area (Å²) < 4.78 is 0. The molecule has 1 saturated carbocycles. The van der Waals surface area contributed by atoms with Gasteiger partial charge in [-0.15, -0.1) is 0 Å². The first-order valence-corrected chi connectivity index (χ1v) is 9.21. The number of aromatic nitrogens is 1. The van der Waals surface area contributed by atoms with Crippen molar-refractivity contribution in [2.45, 2.75) is 18.9 Å². The lowest BCUT2D eigenvalue weighted by molar-refractivity contribution is 0.102. The normalized spacial score (nSPS) is 13.3. The Morgan fingerprint density at radius 3 is 2.66 bits per heavy atom. The minimum atomic E-state index is -0.379. The number of benzene rings is 1. The lowest BCUT2D eigenvalue weighted by Crippen LogP contribution is -2.31. The van der Waals surface area contributed by atoms with Crippen molar-refractivity contribution < 1.29 is 4.79 Å². The van der Waals surface area contributed by atoms with Gasteiger partial charge in [-0.3, -0.25) is 20.6 Å². The van der Waals surface area contributed by atoms with Crippen molar-refractivity contribution in [2.75, 3.05) is 12.4 Å². The molecule has 1 fully saturated rings. The Labute approximate surface area is 169 Å². The van der Waals surface area contributed by atoms with E-state index < -0.39 is 0 Å². The van der Waals surface area contributed by atoms with Crippen LogP contribution in [-0.2, 0) is 0 Å². The molecule has 8 heteroatoms. The maximum absolute atomic E-state index is 12.7. The van der Waals surface area contributed by atoms with E-state index in [1.807, 2.05) is 0 Å². The third kappa shape index (κ3) is 4.73. The number of amides is 1. The molecule has 2 aromatic rings. The first-order valence-electron chi connectivity index (χ1n) is 9.21. The van der Waals surface area contributed by atoms with Gasteiger partial charge in [-0.2, -0.15) is 0 Å². The van der Waals surface area contributed by atoms with Gasteiger partial charge in [0.05, 0.1) is 6.34 Å². The Bertz CT molecular complexity index is 978. The van der Waals surface area contributed by atoms with Gasteiger partial charge in [-0.25, -0.2) is 0 Å². The second kappa shape index (κ2) is 8.92. The topological polar surface area (TPSA) is 129 Å². The fourth-order valence-electron chi connectivity index (χ4n) is 2.89. The maximum atomic E-state index is 12.7. The second-order valence-corrected chi connectivity index (χ2v) is 6.61. The molecule has 148 valence electrons. The molecule has 29 heavy (non-hydrogen) atoms. The molecule has 0 spiro atoms. The largest absolute Gasteiger partial charge is 0.393 e. The summed E-state index contributed by atoms with van der Waals surface area (Å²) in [6.45, 7) is 0. The van der Waals surface area contributed by atoms with Gasteiger partial charge in [-0.1, -0.05) is 12.1 Å². The first-order chi connectivity index (χ1) is 14.1. The van der Waals surface area contributed by atoms with Crippen LogP contribution >= 0.6 is 0 Å². The van der Waals surface area contributed by atoms with Crippen LogP contribution in [0.1, 0.15) is 34.5 Å². The second-order valence-electron chi connectivity index (χ2n) is 6.61. The molecule has 1 heterocycles. The predicted octanol–water partition coefficient (Wildman–Crippen LogP) is 2.94. The van der Waals surface area contributed by atoms with Gasteiger partial charge in [0.2, 0.25) is 0 Å². The van der Waals surface area contributed by atoms with Crippen LogP contribution in [0, 0.1) is 16.2 Å². The number of rotatable bonds is 8. The van der Waals surface area contributed by atoms with Crippen molar-refractivity contribution in [3.8, 4) is 0 Å². The van der Waals surface area contributed by atoms with Gasteiger partial charge in [0.15, 0.2) is 0 Å². The maximum Gasteiger partial charge on any atom is 0.274 e. The van der Waals surface area contributed by atoms with Gasteiger partial charge in [0.1, 0.15) is 11.5 Å². The molecule has 0 aliphatic heterocycles. The van der Waals surface area contributed by atoms with E-state index in [-0.39, 0.29) is 23.5 Å². The Balaban J connectivity index is 1.77. The van der Waals surface area contributed by atoms with Crippen molar-refractivity contribution in [3.63, 3.8) is 0 Å². The van der Waals surface area contributed by atoms with Gasteiger partial charge < -0.3 is 20.9 Å². The standard InChI is InChI=1S/C21H23N7O/c1-25-12-16(11-22)14-7-8-26-19(10-14)21(29)27-17-4-2-3-15(9-17)20(24)28(13-23)18-5-6-18/h2-4,7-13,18,22-25H,5-6H2,1H3,(H,27,29)/b16-12+,22-11?,23-13?,24-20?. The fraction of sp³-hybridized carbons (Fsp3) is 0.190. The molecule has 1 aliphatic carbocycles. The molecule has 1 aromatic carbocycles. The van der Waals surface area contributed by atoms with E-state index in [0.29, 0.717) is 22.4 Å². The SMILES string of the molecule is CN/C=C(\C=N)c1ccnc(C(=O)Nc2cccc(C(=N)N(C=N)C3CC3)c2)c1. The Kier molecular flexibility index (Phi) is 6.13. The average Bonchev–Trinajstić information content (AvgIpc) is 3.58. The van der Waals surface area contributed by atoms with Crippen LogP contribution in [-0.4, -0.2) is 47.3 Å². The molecule has 1 aliphatic rings. The van der Waals surface area contributed by atoms with E-state index >= 15 is 0 Å². The number of hydrogen-bond acceptors (Lipinski definition) is 6. The van der Waals surface area contributed by atoms with Crippen molar-refractivity contribution in [3.05, 3.63) is 65.6 Å². The third-order valence-electron chi connectivity index (χ3n) is 4.51. The minimum Gasteiger partial charge on any atom is -0.393 e. The van der Waals surface area contributed by atoms with Crippen LogP contribution in [0.15, 0.2) is 48.8 Å². The van der Waals surface area contributed by atoms with Gasteiger partial charge in [0, 0.05) is 48.5 Å². The number of carbonyl (C=O) groups is 1. The van der Waals surface area contributed by atoms with E-state index in [9.17, 15) is 4.79 Å². The third-order valence-corrected chi connectivity index (χ3v) is 4.51. The highest BCUT2D eigenvalue weighted by Gasteiger charge is 2.30. The molecule has 0 atom stereocenters. The number of nitrogens with one attached hydrogen (secondary N) is 5. The van der Waals surface area contributed by atoms with Crippen LogP contribution in [0.4, 0.5) is 5.69 Å². The molecular weight excluding hydrogens is 366 g/mol. The van der Waals surface area contributed by atoms with Crippen molar-refractivity contribution in [2.24, 2.45) is 0 Å². The Morgan fingerprint density at radius 1 is 1.21 bits per heavy atom. The summed E-state index contributed by atoms with van der Waals surface area (Å²) in [7, 11) is 1.74. The van der Waals surface area contributed by atoms with Gasteiger partial charge in [-0.05, 0) is 42.7 Å². The predicted molar refractivity (Wildman–Crippen MR) is 115 cm³/mol. The zero-order valence-electron chi connectivity index (χ0n) is 16.1. The average molecular weight is 389 g/mol. The zero-order valence-corrected chi connectivity index (χ0v) is 16.1. The van der Waals surface area contributed by atoms with Crippen LogP contribution in [0.2, 0.25) is 0 Å². The molecule has 5 N–H and O–H groups in total. The van der Waals surface area contributed by atoms with Crippen molar-refractivity contribution in [1.29, 1.82) is 16.2 Å². The summed E-state index contributed by atoms with van der Waals surface area (Å²) >= 11 is 0. The fourth-order valence-corrected chi connectivity index (χ4v) is 2.89. The van der Waals surface area contributed by atoms with E-state index in [0.717, 1.165) is 12.8 Å². The first kappa shape index (κ1) is 19.9.